The van der Waals surface area contributed by atoms with Crippen molar-refractivity contribution in [2.75, 3.05) is 26.5 Å². The number of amides is 3. The smallest absolute Gasteiger partial charge is 0.409 e. The van der Waals surface area contributed by atoms with Crippen LogP contribution in [0.15, 0.2) is 11.3 Å². The number of carboxylic acid groups (broad SMARTS) is 1. The minimum absolute atomic E-state index is 0.211. The number of carboxylic acids is 1. The first-order chi connectivity index (χ1) is 12.4. The number of aliphatic carboxylic acids is 1. The number of ether oxygens (including phenoxy) is 2. The molecule has 150 valence electrons. The van der Waals surface area contributed by atoms with Crippen molar-refractivity contribution in [3.8, 4) is 0 Å². The number of thioether (sulfide) groups is 1. The van der Waals surface area contributed by atoms with E-state index in [0.717, 1.165) is 4.90 Å². The lowest BCUT2D eigenvalue weighted by atomic mass is 10.0. The second kappa shape index (κ2) is 7.67. The molecule has 1 saturated heterocycles. The van der Waals surface area contributed by atoms with E-state index >= 15 is 0 Å². The van der Waals surface area contributed by atoms with Crippen LogP contribution in [0.1, 0.15) is 20.8 Å². The van der Waals surface area contributed by atoms with Crippen LogP contribution >= 0.6 is 11.8 Å². The number of nitrogens with zero attached hydrogens (tertiary/aromatic N) is 2. The number of β-lactam (4-membered cyclic amide) rings is 1. The Morgan fingerprint density at radius 3 is 2.48 bits per heavy atom. The molecule has 2 aliphatic rings. The molecule has 10 nitrogen and oxygen atoms in total. The highest BCUT2D eigenvalue weighted by atomic mass is 32.2. The lowest BCUT2D eigenvalue weighted by Gasteiger charge is -2.49. The van der Waals surface area contributed by atoms with E-state index in [1.54, 1.807) is 20.8 Å². The number of carbonyl (C=O) groups is 4. The van der Waals surface area contributed by atoms with Gasteiger partial charge in [-0.15, -0.1) is 11.8 Å². The van der Waals surface area contributed by atoms with E-state index in [1.165, 1.54) is 30.8 Å². The number of hydrogen-bond donors (Lipinski definition) is 2. The van der Waals surface area contributed by atoms with E-state index in [0.29, 0.717) is 5.57 Å². The van der Waals surface area contributed by atoms with Crippen LogP contribution in [0.5, 0.6) is 0 Å². The Labute approximate surface area is 160 Å². The minimum Gasteiger partial charge on any atom is -0.477 e. The molecule has 0 spiro atoms. The Morgan fingerprint density at radius 2 is 1.96 bits per heavy atom. The third-order valence-corrected chi connectivity index (χ3v) is 5.00. The number of rotatable bonds is 4. The Bertz CT molecular complexity index is 699. The quantitative estimate of drug-likeness (QED) is 0.664. The summed E-state index contributed by atoms with van der Waals surface area (Å²) in [5, 5.41) is 11.4. The monoisotopic (exact) mass is 401 g/mol. The molecular formula is C16H23N3O7S. The fraction of sp³-hybridized carbons (Fsp3) is 0.625. The van der Waals surface area contributed by atoms with Crippen molar-refractivity contribution in [3.05, 3.63) is 11.3 Å². The van der Waals surface area contributed by atoms with Gasteiger partial charge >= 0.3 is 18.2 Å². The van der Waals surface area contributed by atoms with Gasteiger partial charge < -0.3 is 24.8 Å². The summed E-state index contributed by atoms with van der Waals surface area (Å²) in [6, 6.07) is -0.870. The highest BCUT2D eigenvalue weighted by Gasteiger charge is 2.54. The molecule has 1 fully saturated rings. The normalized spacial score (nSPS) is 21.8. The van der Waals surface area contributed by atoms with Crippen molar-refractivity contribution in [1.82, 2.24) is 15.1 Å². The van der Waals surface area contributed by atoms with Gasteiger partial charge in [0.05, 0.1) is 0 Å². The van der Waals surface area contributed by atoms with Crippen molar-refractivity contribution in [2.45, 2.75) is 37.8 Å². The maximum Gasteiger partial charge on any atom is 0.409 e. The van der Waals surface area contributed by atoms with Gasteiger partial charge in [-0.25, -0.2) is 14.4 Å². The fourth-order valence-corrected chi connectivity index (χ4v) is 3.83. The number of nitrogens with one attached hydrogen (secondary N) is 1. The maximum atomic E-state index is 12.4. The first-order valence-corrected chi connectivity index (χ1v) is 9.21. The van der Waals surface area contributed by atoms with Gasteiger partial charge in [0.25, 0.3) is 5.91 Å². The second-order valence-electron chi connectivity index (χ2n) is 7.24. The van der Waals surface area contributed by atoms with Crippen LogP contribution in [0.4, 0.5) is 9.59 Å². The van der Waals surface area contributed by atoms with Gasteiger partial charge in [0, 0.05) is 25.4 Å². The first kappa shape index (κ1) is 20.9. The molecule has 11 heteroatoms. The zero-order chi connectivity index (χ0) is 20.5. The molecule has 0 saturated carbocycles. The van der Waals surface area contributed by atoms with Gasteiger partial charge in [-0.05, 0) is 20.8 Å². The number of alkyl carbamates (subject to hydrolysis) is 1. The van der Waals surface area contributed by atoms with E-state index < -0.39 is 41.1 Å². The average molecular weight is 401 g/mol. The van der Waals surface area contributed by atoms with Crippen LogP contribution in [-0.4, -0.2) is 82.4 Å². The van der Waals surface area contributed by atoms with Crippen LogP contribution in [-0.2, 0) is 19.1 Å². The van der Waals surface area contributed by atoms with Crippen LogP contribution < -0.4 is 5.32 Å². The maximum absolute atomic E-state index is 12.4. The minimum atomic E-state index is -1.29. The summed E-state index contributed by atoms with van der Waals surface area (Å²) >= 11 is 1.28. The van der Waals surface area contributed by atoms with Crippen LogP contribution in [0.2, 0.25) is 0 Å². The van der Waals surface area contributed by atoms with Crippen molar-refractivity contribution >= 4 is 35.8 Å². The molecule has 0 radical (unpaired) electrons. The molecule has 0 aromatic heterocycles. The molecule has 0 aromatic carbocycles. The predicted octanol–water partition coefficient (Wildman–Crippen LogP) is 0.832. The highest BCUT2D eigenvalue weighted by molar-refractivity contribution is 8.00. The predicted molar refractivity (Wildman–Crippen MR) is 95.9 cm³/mol. The molecule has 0 aromatic rings. The molecule has 2 atom stereocenters. The molecular weight excluding hydrogens is 378 g/mol. The number of carbonyl (C=O) groups excluding carboxylic acids is 3. The largest absolute Gasteiger partial charge is 0.477 e. The Balaban J connectivity index is 2.10. The lowest BCUT2D eigenvalue weighted by Crippen LogP contribution is -2.70. The van der Waals surface area contributed by atoms with Gasteiger partial charge in [0.15, 0.2) is 0 Å². The van der Waals surface area contributed by atoms with Crippen LogP contribution in [0.25, 0.3) is 0 Å². The summed E-state index contributed by atoms with van der Waals surface area (Å²) in [6.45, 7) is 4.86. The van der Waals surface area contributed by atoms with Crippen molar-refractivity contribution < 1.29 is 33.8 Å². The van der Waals surface area contributed by atoms with E-state index in [1.807, 2.05) is 0 Å². The van der Waals surface area contributed by atoms with Crippen LogP contribution in [0, 0.1) is 0 Å². The standard InChI is InChI=1S/C16H23N3O7S/c1-16(2,3)26-14(23)17-9-11(20)19-10(13(21)22)8(7-27-12(9)19)6-25-15(24)18(4)5/h9,12H,6-7H2,1-5H3,(H,17,23)(H,21,22)/t9?,12-/m1/s1. The molecule has 2 rings (SSSR count). The average Bonchev–Trinajstić information content (AvgIpc) is 2.54. The van der Waals surface area contributed by atoms with Crippen molar-refractivity contribution in [3.63, 3.8) is 0 Å². The topological polar surface area (TPSA) is 125 Å². The molecule has 27 heavy (non-hydrogen) atoms. The molecule has 2 aliphatic heterocycles. The lowest BCUT2D eigenvalue weighted by molar-refractivity contribution is -0.149. The zero-order valence-electron chi connectivity index (χ0n) is 15.8. The molecule has 2 heterocycles. The molecule has 2 N–H and O–H groups in total. The van der Waals surface area contributed by atoms with E-state index in [9.17, 15) is 24.3 Å². The van der Waals surface area contributed by atoms with E-state index in [2.05, 4.69) is 5.32 Å². The summed E-state index contributed by atoms with van der Waals surface area (Å²) in [5.41, 5.74) is -0.605. The van der Waals surface area contributed by atoms with Crippen molar-refractivity contribution in [1.29, 1.82) is 0 Å². The fourth-order valence-electron chi connectivity index (χ4n) is 2.51. The number of hydrogen-bond acceptors (Lipinski definition) is 7. The summed E-state index contributed by atoms with van der Waals surface area (Å²) in [7, 11) is 3.01. The van der Waals surface area contributed by atoms with Gasteiger partial charge in [-0.3, -0.25) is 9.69 Å². The molecule has 0 aliphatic carbocycles. The van der Waals surface area contributed by atoms with Gasteiger partial charge in [0.1, 0.15) is 29.3 Å². The molecule has 1 unspecified atom stereocenters. The third-order valence-electron chi connectivity index (χ3n) is 3.66. The SMILES string of the molecule is CN(C)C(=O)OCC1=C(C(=O)O)N2C(=O)C(NC(=O)OC(C)(C)C)[C@H]2SC1. The zero-order valence-corrected chi connectivity index (χ0v) is 16.6. The Morgan fingerprint density at radius 1 is 1.33 bits per heavy atom. The Kier molecular flexibility index (Phi) is 5.93. The first-order valence-electron chi connectivity index (χ1n) is 8.16. The highest BCUT2D eigenvalue weighted by Crippen LogP contribution is 2.40. The molecule has 3 amide bonds. The summed E-state index contributed by atoms with van der Waals surface area (Å²) in [5.74, 6) is -1.59. The van der Waals surface area contributed by atoms with Gasteiger partial charge in [-0.1, -0.05) is 0 Å². The summed E-state index contributed by atoms with van der Waals surface area (Å²) in [6.07, 6.45) is -1.36. The van der Waals surface area contributed by atoms with Gasteiger partial charge in [-0.2, -0.15) is 0 Å². The van der Waals surface area contributed by atoms with Gasteiger partial charge in [0.2, 0.25) is 0 Å². The van der Waals surface area contributed by atoms with Crippen LogP contribution in [0.3, 0.4) is 0 Å². The number of fused-ring (bicyclic) bond motifs is 1. The van der Waals surface area contributed by atoms with E-state index in [-0.39, 0.29) is 18.1 Å². The summed E-state index contributed by atoms with van der Waals surface area (Å²) in [4.78, 5) is 49.9. The third kappa shape index (κ3) is 4.65. The van der Waals surface area contributed by atoms with E-state index in [4.69, 9.17) is 9.47 Å². The summed E-state index contributed by atoms with van der Waals surface area (Å²) < 4.78 is 10.2. The second-order valence-corrected chi connectivity index (χ2v) is 8.35. The Hall–Kier alpha value is -2.43. The molecule has 0 bridgehead atoms. The van der Waals surface area contributed by atoms with Crippen molar-refractivity contribution in [2.24, 2.45) is 0 Å².